The number of carbonyl (C=O) groups excluding carboxylic acids is 1. The topological polar surface area (TPSA) is 82.0 Å². The van der Waals surface area contributed by atoms with Crippen molar-refractivity contribution in [2.45, 2.75) is 38.3 Å². The molecular weight excluding hydrogens is 400 g/mol. The van der Waals surface area contributed by atoms with Crippen LogP contribution in [-0.4, -0.2) is 49.0 Å². The molecular formula is C25H28N6O. The fourth-order valence-corrected chi connectivity index (χ4v) is 4.95. The number of benzene rings is 1. The molecule has 1 saturated heterocycles. The summed E-state index contributed by atoms with van der Waals surface area (Å²) in [5, 5.41) is 1.13. The van der Waals surface area contributed by atoms with Crippen molar-refractivity contribution in [2.75, 3.05) is 13.1 Å². The van der Waals surface area contributed by atoms with Gasteiger partial charge in [-0.2, -0.15) is 0 Å². The lowest BCUT2D eigenvalue weighted by Crippen LogP contribution is -2.45. The third-order valence-corrected chi connectivity index (χ3v) is 6.90. The summed E-state index contributed by atoms with van der Waals surface area (Å²) in [5.41, 5.74) is 10.7. The normalized spacial score (nSPS) is 19.2. The van der Waals surface area contributed by atoms with Gasteiger partial charge in [0, 0.05) is 49.9 Å². The number of likely N-dealkylation sites (tertiary alicyclic amines) is 1. The predicted molar refractivity (Wildman–Crippen MR) is 125 cm³/mol. The Bertz CT molecular complexity index is 1330. The van der Waals surface area contributed by atoms with Gasteiger partial charge in [0.05, 0.1) is 16.7 Å². The second kappa shape index (κ2) is 7.45. The van der Waals surface area contributed by atoms with Gasteiger partial charge in [0.1, 0.15) is 5.65 Å². The smallest absolute Gasteiger partial charge is 0.253 e. The Morgan fingerprint density at radius 3 is 2.88 bits per heavy atom. The summed E-state index contributed by atoms with van der Waals surface area (Å²) in [6.45, 7) is 2.36. The highest BCUT2D eigenvalue weighted by atomic mass is 16.2. The molecule has 6 rings (SSSR count). The third kappa shape index (κ3) is 3.28. The molecule has 2 aliphatic rings. The minimum atomic E-state index is 0.0429. The van der Waals surface area contributed by atoms with E-state index in [-0.39, 0.29) is 11.9 Å². The SMILES string of the molecule is Cn1c(-c2cc3cccnc3n2CC2CC2)nc2cc(C(=O)N3CCC[C@@H](N)C3)ccc21. The second-order valence-electron chi connectivity index (χ2n) is 9.35. The van der Waals surface area contributed by atoms with Crippen LogP contribution in [0.25, 0.3) is 33.6 Å². The van der Waals surface area contributed by atoms with Gasteiger partial charge >= 0.3 is 0 Å². The molecule has 0 bridgehead atoms. The monoisotopic (exact) mass is 428 g/mol. The Hall–Kier alpha value is -3.19. The van der Waals surface area contributed by atoms with Gasteiger partial charge < -0.3 is 19.8 Å². The second-order valence-corrected chi connectivity index (χ2v) is 9.35. The van der Waals surface area contributed by atoms with E-state index in [9.17, 15) is 4.79 Å². The molecule has 1 aliphatic carbocycles. The number of fused-ring (bicyclic) bond motifs is 2. The lowest BCUT2D eigenvalue weighted by Gasteiger charge is -2.30. The standard InChI is InChI=1S/C25H28N6O/c1-29-21-9-8-18(25(32)30-11-3-5-19(26)15-30)12-20(21)28-24(29)22-13-17-4-2-10-27-23(17)31(22)14-16-6-7-16/h2,4,8-10,12-13,16,19H,3,5-7,11,14-15,26H2,1H3/t19-/m1/s1. The number of carbonyl (C=O) groups is 1. The molecule has 2 fully saturated rings. The number of nitrogens with zero attached hydrogens (tertiary/aromatic N) is 5. The molecule has 164 valence electrons. The van der Waals surface area contributed by atoms with Crippen molar-refractivity contribution in [3.63, 3.8) is 0 Å². The molecule has 4 heterocycles. The van der Waals surface area contributed by atoms with Gasteiger partial charge in [0.2, 0.25) is 0 Å². The number of amides is 1. The van der Waals surface area contributed by atoms with Crippen molar-refractivity contribution < 1.29 is 4.79 Å². The molecule has 4 aromatic rings. The van der Waals surface area contributed by atoms with Crippen LogP contribution >= 0.6 is 0 Å². The molecule has 32 heavy (non-hydrogen) atoms. The molecule has 1 saturated carbocycles. The number of imidazole rings is 1. The number of hydrogen-bond donors (Lipinski definition) is 1. The van der Waals surface area contributed by atoms with Crippen molar-refractivity contribution in [3.8, 4) is 11.5 Å². The Labute approximate surface area is 186 Å². The van der Waals surface area contributed by atoms with Gasteiger partial charge in [0.15, 0.2) is 5.82 Å². The zero-order chi connectivity index (χ0) is 21.8. The lowest BCUT2D eigenvalue weighted by atomic mass is 10.1. The van der Waals surface area contributed by atoms with E-state index in [0.717, 1.165) is 65.4 Å². The maximum Gasteiger partial charge on any atom is 0.253 e. The minimum Gasteiger partial charge on any atom is -0.337 e. The lowest BCUT2D eigenvalue weighted by molar-refractivity contribution is 0.0709. The molecule has 0 radical (unpaired) electrons. The first-order valence-electron chi connectivity index (χ1n) is 11.5. The zero-order valence-corrected chi connectivity index (χ0v) is 18.4. The van der Waals surface area contributed by atoms with Gasteiger partial charge in [-0.1, -0.05) is 0 Å². The van der Waals surface area contributed by atoms with Gasteiger partial charge in [-0.15, -0.1) is 0 Å². The highest BCUT2D eigenvalue weighted by Crippen LogP contribution is 2.36. The average molecular weight is 429 g/mol. The highest BCUT2D eigenvalue weighted by Gasteiger charge is 2.26. The Kier molecular flexibility index (Phi) is 4.54. The number of hydrogen-bond acceptors (Lipinski definition) is 4. The molecule has 7 nitrogen and oxygen atoms in total. The van der Waals surface area contributed by atoms with Crippen LogP contribution in [0.15, 0.2) is 42.6 Å². The Morgan fingerprint density at radius 1 is 1.19 bits per heavy atom. The number of aryl methyl sites for hydroxylation is 1. The summed E-state index contributed by atoms with van der Waals surface area (Å²) >= 11 is 0. The van der Waals surface area contributed by atoms with E-state index in [0.29, 0.717) is 12.1 Å². The molecule has 3 aromatic heterocycles. The molecule has 0 unspecified atom stereocenters. The number of rotatable bonds is 4. The summed E-state index contributed by atoms with van der Waals surface area (Å²) in [7, 11) is 2.04. The summed E-state index contributed by atoms with van der Waals surface area (Å²) in [5.74, 6) is 1.67. The van der Waals surface area contributed by atoms with E-state index >= 15 is 0 Å². The van der Waals surface area contributed by atoms with Crippen LogP contribution < -0.4 is 5.73 Å². The minimum absolute atomic E-state index is 0.0429. The number of pyridine rings is 1. The summed E-state index contributed by atoms with van der Waals surface area (Å²) in [6.07, 6.45) is 6.35. The van der Waals surface area contributed by atoms with Crippen LogP contribution in [0, 0.1) is 5.92 Å². The highest BCUT2D eigenvalue weighted by molar-refractivity contribution is 5.98. The van der Waals surface area contributed by atoms with Crippen molar-refractivity contribution in [1.29, 1.82) is 0 Å². The maximum absolute atomic E-state index is 13.1. The van der Waals surface area contributed by atoms with Gasteiger partial charge in [-0.25, -0.2) is 9.97 Å². The maximum atomic E-state index is 13.1. The Balaban J connectivity index is 1.42. The van der Waals surface area contributed by atoms with Crippen molar-refractivity contribution in [1.82, 2.24) is 24.0 Å². The molecule has 7 heteroatoms. The van der Waals surface area contributed by atoms with Crippen LogP contribution in [0.1, 0.15) is 36.0 Å². The predicted octanol–water partition coefficient (Wildman–Crippen LogP) is 3.56. The molecule has 1 amide bonds. The zero-order valence-electron chi connectivity index (χ0n) is 18.4. The number of piperidine rings is 1. The summed E-state index contributed by atoms with van der Waals surface area (Å²) in [6, 6.07) is 12.2. The molecule has 1 aliphatic heterocycles. The first kappa shape index (κ1) is 19.5. The molecule has 2 N–H and O–H groups in total. The fourth-order valence-electron chi connectivity index (χ4n) is 4.95. The fraction of sp³-hybridized carbons (Fsp3) is 0.400. The van der Waals surface area contributed by atoms with Gasteiger partial charge in [-0.05, 0) is 68.0 Å². The van der Waals surface area contributed by atoms with Crippen molar-refractivity contribution >= 4 is 28.0 Å². The van der Waals surface area contributed by atoms with Crippen LogP contribution in [0.3, 0.4) is 0 Å². The third-order valence-electron chi connectivity index (χ3n) is 6.90. The molecule has 1 aromatic carbocycles. The van der Waals surface area contributed by atoms with Crippen LogP contribution in [0.5, 0.6) is 0 Å². The van der Waals surface area contributed by atoms with Crippen LogP contribution in [0.2, 0.25) is 0 Å². The van der Waals surface area contributed by atoms with E-state index in [1.54, 1.807) is 0 Å². The van der Waals surface area contributed by atoms with Crippen LogP contribution in [0.4, 0.5) is 0 Å². The Morgan fingerprint density at radius 2 is 2.06 bits per heavy atom. The van der Waals surface area contributed by atoms with E-state index < -0.39 is 0 Å². The van der Waals surface area contributed by atoms with E-state index in [1.165, 1.54) is 12.8 Å². The molecule has 1 atom stereocenters. The van der Waals surface area contributed by atoms with E-state index in [1.807, 2.05) is 42.4 Å². The van der Waals surface area contributed by atoms with Gasteiger partial charge in [0.25, 0.3) is 5.91 Å². The summed E-state index contributed by atoms with van der Waals surface area (Å²) < 4.78 is 4.44. The molecule has 0 spiro atoms. The van der Waals surface area contributed by atoms with E-state index in [2.05, 4.69) is 26.3 Å². The van der Waals surface area contributed by atoms with Crippen molar-refractivity contribution in [2.24, 2.45) is 18.7 Å². The average Bonchev–Trinajstić information content (AvgIpc) is 3.48. The van der Waals surface area contributed by atoms with Crippen LogP contribution in [-0.2, 0) is 13.6 Å². The quantitative estimate of drug-likeness (QED) is 0.539. The number of aromatic nitrogens is 4. The summed E-state index contributed by atoms with van der Waals surface area (Å²) in [4.78, 5) is 24.6. The first-order valence-corrected chi connectivity index (χ1v) is 11.5. The van der Waals surface area contributed by atoms with Gasteiger partial charge in [-0.3, -0.25) is 4.79 Å². The number of nitrogens with two attached hydrogens (primary N) is 1. The largest absolute Gasteiger partial charge is 0.337 e. The first-order chi connectivity index (χ1) is 15.6. The van der Waals surface area contributed by atoms with E-state index in [4.69, 9.17) is 10.7 Å². The van der Waals surface area contributed by atoms with Crippen molar-refractivity contribution in [3.05, 3.63) is 48.2 Å².